The van der Waals surface area contributed by atoms with E-state index in [1.165, 1.54) is 27.7 Å². The molecule has 10 nitrogen and oxygen atoms in total. The van der Waals surface area contributed by atoms with Gasteiger partial charge in [0.1, 0.15) is 18.9 Å². The molecule has 1 rings (SSSR count). The summed E-state index contributed by atoms with van der Waals surface area (Å²) in [5.74, 6) is -2.47. The first-order valence-electron chi connectivity index (χ1n) is 9.19. The van der Waals surface area contributed by atoms with Crippen LogP contribution >= 0.6 is 0 Å². The highest BCUT2D eigenvalue weighted by Gasteiger charge is 2.51. The molecule has 0 aliphatic carbocycles. The molecule has 0 bridgehead atoms. The summed E-state index contributed by atoms with van der Waals surface area (Å²) in [5.41, 5.74) is 0. The molecule has 1 saturated heterocycles. The van der Waals surface area contributed by atoms with Crippen molar-refractivity contribution in [1.29, 1.82) is 0 Å². The SMILES string of the molecule is CCCCN[C@@H]1O[C@H](COC(C)=O)[C@@H](OC(C)=O)[C@H](OC(C)=O)[C@H]1OC(C)=O. The van der Waals surface area contributed by atoms with Crippen LogP contribution in [-0.4, -0.2) is 67.7 Å². The molecule has 0 saturated carbocycles. The first kappa shape index (κ1) is 23.8. The van der Waals surface area contributed by atoms with Crippen LogP contribution in [0.25, 0.3) is 0 Å². The molecule has 0 spiro atoms. The highest BCUT2D eigenvalue weighted by Crippen LogP contribution is 2.28. The number of carbonyl (C=O) groups excluding carboxylic acids is 4. The summed E-state index contributed by atoms with van der Waals surface area (Å²) in [7, 11) is 0. The fourth-order valence-corrected chi connectivity index (χ4v) is 2.81. The Kier molecular flexibility index (Phi) is 9.88. The van der Waals surface area contributed by atoms with Gasteiger partial charge in [0.25, 0.3) is 0 Å². The summed E-state index contributed by atoms with van der Waals surface area (Å²) >= 11 is 0. The summed E-state index contributed by atoms with van der Waals surface area (Å²) in [5, 5.41) is 3.10. The summed E-state index contributed by atoms with van der Waals surface area (Å²) in [6.45, 7) is 7.13. The smallest absolute Gasteiger partial charge is 0.303 e. The van der Waals surface area contributed by atoms with Crippen molar-refractivity contribution in [2.75, 3.05) is 13.2 Å². The van der Waals surface area contributed by atoms with Gasteiger partial charge in [0.15, 0.2) is 18.3 Å². The van der Waals surface area contributed by atoms with Crippen molar-refractivity contribution in [3.63, 3.8) is 0 Å². The van der Waals surface area contributed by atoms with Crippen LogP contribution in [0.15, 0.2) is 0 Å². The lowest BCUT2D eigenvalue weighted by atomic mass is 9.97. The highest BCUT2D eigenvalue weighted by molar-refractivity contribution is 5.68. The zero-order valence-corrected chi connectivity index (χ0v) is 16.9. The van der Waals surface area contributed by atoms with Gasteiger partial charge >= 0.3 is 23.9 Å². The van der Waals surface area contributed by atoms with Crippen molar-refractivity contribution in [2.45, 2.75) is 78.1 Å². The molecular formula is C18H29NO9. The number of esters is 4. The predicted octanol–water partition coefficient (Wildman–Crippen LogP) is 0.459. The third-order valence-corrected chi connectivity index (χ3v) is 3.87. The maximum absolute atomic E-state index is 11.7. The van der Waals surface area contributed by atoms with Crippen LogP contribution in [0.1, 0.15) is 47.5 Å². The first-order chi connectivity index (χ1) is 13.1. The molecule has 10 heteroatoms. The molecule has 1 heterocycles. The molecule has 0 aromatic rings. The number of carbonyl (C=O) groups is 4. The van der Waals surface area contributed by atoms with Gasteiger partial charge in [-0.3, -0.25) is 24.5 Å². The van der Waals surface area contributed by atoms with Gasteiger partial charge in [-0.05, 0) is 13.0 Å². The van der Waals surface area contributed by atoms with Crippen LogP contribution in [0.3, 0.4) is 0 Å². The van der Waals surface area contributed by atoms with Gasteiger partial charge in [-0.25, -0.2) is 0 Å². The summed E-state index contributed by atoms with van der Waals surface area (Å²) in [4.78, 5) is 46.1. The Hall–Kier alpha value is -2.20. The van der Waals surface area contributed by atoms with Gasteiger partial charge in [-0.15, -0.1) is 0 Å². The van der Waals surface area contributed by atoms with Gasteiger partial charge in [-0.1, -0.05) is 13.3 Å². The second-order valence-corrected chi connectivity index (χ2v) is 6.43. The Morgan fingerprint density at radius 1 is 0.821 bits per heavy atom. The number of hydrogen-bond acceptors (Lipinski definition) is 10. The van der Waals surface area contributed by atoms with Gasteiger partial charge < -0.3 is 23.7 Å². The second-order valence-electron chi connectivity index (χ2n) is 6.43. The molecule has 5 atom stereocenters. The molecule has 0 radical (unpaired) electrons. The molecule has 1 aliphatic rings. The molecule has 0 aromatic heterocycles. The lowest BCUT2D eigenvalue weighted by Gasteiger charge is -2.44. The van der Waals surface area contributed by atoms with E-state index in [2.05, 4.69) is 5.32 Å². The molecular weight excluding hydrogens is 374 g/mol. The standard InChI is InChI=1S/C18H29NO9/c1-6-7-8-19-18-17(27-13(5)23)16(26-12(4)22)15(25-11(3)21)14(28-18)9-24-10(2)20/h14-19H,6-9H2,1-5H3/t14-,15-,16+,17-,18-/m1/s1. The van der Waals surface area contributed by atoms with Crippen molar-refractivity contribution in [1.82, 2.24) is 5.32 Å². The number of hydrogen-bond donors (Lipinski definition) is 1. The van der Waals surface area contributed by atoms with E-state index in [0.29, 0.717) is 6.54 Å². The van der Waals surface area contributed by atoms with E-state index >= 15 is 0 Å². The number of rotatable bonds is 9. The number of nitrogens with one attached hydrogen (secondary N) is 1. The zero-order valence-electron chi connectivity index (χ0n) is 16.9. The molecule has 1 fully saturated rings. The van der Waals surface area contributed by atoms with E-state index in [4.69, 9.17) is 23.7 Å². The Labute approximate surface area is 164 Å². The zero-order chi connectivity index (χ0) is 21.3. The number of unbranched alkanes of at least 4 members (excludes halogenated alkanes) is 1. The Balaban J connectivity index is 3.21. The molecule has 0 aromatic carbocycles. The van der Waals surface area contributed by atoms with Crippen LogP contribution in [0.5, 0.6) is 0 Å². The minimum atomic E-state index is -1.14. The molecule has 0 amide bonds. The van der Waals surface area contributed by atoms with E-state index in [9.17, 15) is 19.2 Å². The largest absolute Gasteiger partial charge is 0.463 e. The van der Waals surface area contributed by atoms with Crippen LogP contribution < -0.4 is 5.32 Å². The van der Waals surface area contributed by atoms with Crippen LogP contribution in [0, 0.1) is 0 Å². The van der Waals surface area contributed by atoms with Crippen LogP contribution in [0.4, 0.5) is 0 Å². The Morgan fingerprint density at radius 3 is 1.86 bits per heavy atom. The second kappa shape index (κ2) is 11.6. The summed E-state index contributed by atoms with van der Waals surface area (Å²) in [6, 6.07) is 0. The van der Waals surface area contributed by atoms with Crippen molar-refractivity contribution in [3.05, 3.63) is 0 Å². The van der Waals surface area contributed by atoms with Crippen LogP contribution in [-0.2, 0) is 42.9 Å². The summed E-state index contributed by atoms with van der Waals surface area (Å²) < 4.78 is 26.8. The van der Waals surface area contributed by atoms with E-state index < -0.39 is 54.5 Å². The minimum absolute atomic E-state index is 0.232. The van der Waals surface area contributed by atoms with E-state index in [1.54, 1.807) is 0 Å². The van der Waals surface area contributed by atoms with E-state index in [1.807, 2.05) is 6.92 Å². The average molecular weight is 403 g/mol. The third kappa shape index (κ3) is 7.81. The van der Waals surface area contributed by atoms with Gasteiger partial charge in [0.05, 0.1) is 0 Å². The van der Waals surface area contributed by atoms with Crippen molar-refractivity contribution in [2.24, 2.45) is 0 Å². The lowest BCUT2D eigenvalue weighted by Crippen LogP contribution is -2.65. The predicted molar refractivity (Wildman–Crippen MR) is 94.9 cm³/mol. The van der Waals surface area contributed by atoms with Crippen molar-refractivity contribution >= 4 is 23.9 Å². The maximum atomic E-state index is 11.7. The Bertz CT molecular complexity index is 565. The molecule has 0 unspecified atom stereocenters. The minimum Gasteiger partial charge on any atom is -0.463 e. The van der Waals surface area contributed by atoms with Crippen LogP contribution in [0.2, 0.25) is 0 Å². The third-order valence-electron chi connectivity index (χ3n) is 3.87. The maximum Gasteiger partial charge on any atom is 0.303 e. The molecule has 1 N–H and O–H groups in total. The first-order valence-corrected chi connectivity index (χ1v) is 9.19. The van der Waals surface area contributed by atoms with E-state index in [-0.39, 0.29) is 6.61 Å². The molecule has 160 valence electrons. The molecule has 1 aliphatic heterocycles. The molecule has 28 heavy (non-hydrogen) atoms. The topological polar surface area (TPSA) is 126 Å². The monoisotopic (exact) mass is 403 g/mol. The quantitative estimate of drug-likeness (QED) is 0.329. The van der Waals surface area contributed by atoms with Gasteiger partial charge in [0.2, 0.25) is 0 Å². The Morgan fingerprint density at radius 2 is 1.36 bits per heavy atom. The lowest BCUT2D eigenvalue weighted by molar-refractivity contribution is -0.257. The van der Waals surface area contributed by atoms with Gasteiger partial charge in [0, 0.05) is 27.7 Å². The van der Waals surface area contributed by atoms with Crippen molar-refractivity contribution < 1.29 is 42.9 Å². The average Bonchev–Trinajstić information content (AvgIpc) is 2.57. The van der Waals surface area contributed by atoms with E-state index in [0.717, 1.165) is 12.8 Å². The normalized spacial score (nSPS) is 26.8. The van der Waals surface area contributed by atoms with Crippen molar-refractivity contribution in [3.8, 4) is 0 Å². The summed E-state index contributed by atoms with van der Waals surface area (Å²) in [6.07, 6.45) is -3.37. The fourth-order valence-electron chi connectivity index (χ4n) is 2.81. The fraction of sp³-hybridized carbons (Fsp3) is 0.778. The highest BCUT2D eigenvalue weighted by atomic mass is 16.7. The number of ether oxygens (including phenoxy) is 5. The van der Waals surface area contributed by atoms with Gasteiger partial charge in [-0.2, -0.15) is 0 Å².